The fourth-order valence-corrected chi connectivity index (χ4v) is 2.63. The van der Waals surface area contributed by atoms with Crippen LogP contribution in [-0.4, -0.2) is 36.4 Å². The van der Waals surface area contributed by atoms with Gasteiger partial charge < -0.3 is 19.5 Å². The van der Waals surface area contributed by atoms with Gasteiger partial charge in [-0.2, -0.15) is 0 Å². The number of anilines is 1. The van der Waals surface area contributed by atoms with Crippen LogP contribution in [-0.2, 0) is 24.4 Å². The van der Waals surface area contributed by atoms with Gasteiger partial charge in [0, 0.05) is 51.4 Å². The molecule has 0 fully saturated rings. The van der Waals surface area contributed by atoms with E-state index in [4.69, 9.17) is 4.74 Å². The van der Waals surface area contributed by atoms with Crippen LogP contribution in [0.5, 0.6) is 0 Å². The second-order valence-corrected chi connectivity index (χ2v) is 5.29. The molecular weight excluding hydrogens is 264 g/mol. The SMILES string of the molecule is COCCNCc1ccc(N2CCn3ccnc3C2)cc1. The van der Waals surface area contributed by atoms with E-state index in [2.05, 4.69) is 50.2 Å². The highest BCUT2D eigenvalue weighted by Gasteiger charge is 2.16. The molecule has 1 N–H and O–H groups in total. The lowest BCUT2D eigenvalue weighted by atomic mass is 10.2. The number of ether oxygens (including phenoxy) is 1. The molecule has 0 aliphatic carbocycles. The Kier molecular flexibility index (Phi) is 4.52. The van der Waals surface area contributed by atoms with Crippen LogP contribution in [0.25, 0.3) is 0 Å². The van der Waals surface area contributed by atoms with Crippen molar-refractivity contribution in [1.82, 2.24) is 14.9 Å². The molecule has 0 radical (unpaired) electrons. The molecular formula is C16H22N4O. The number of nitrogens with one attached hydrogen (secondary N) is 1. The van der Waals surface area contributed by atoms with Crippen LogP contribution in [0.3, 0.4) is 0 Å². The van der Waals surface area contributed by atoms with Crippen LogP contribution >= 0.6 is 0 Å². The van der Waals surface area contributed by atoms with Crippen LogP contribution in [0.1, 0.15) is 11.4 Å². The van der Waals surface area contributed by atoms with E-state index in [9.17, 15) is 0 Å². The average molecular weight is 286 g/mol. The van der Waals surface area contributed by atoms with Gasteiger partial charge in [0.25, 0.3) is 0 Å². The number of methoxy groups -OCH3 is 1. The number of hydrogen-bond acceptors (Lipinski definition) is 4. The van der Waals surface area contributed by atoms with Crippen molar-refractivity contribution in [3.8, 4) is 0 Å². The third-order valence-electron chi connectivity index (χ3n) is 3.86. The fourth-order valence-electron chi connectivity index (χ4n) is 2.63. The minimum atomic E-state index is 0.749. The zero-order valence-corrected chi connectivity index (χ0v) is 12.5. The lowest BCUT2D eigenvalue weighted by molar-refractivity contribution is 0.199. The molecule has 2 heterocycles. The van der Waals surface area contributed by atoms with Gasteiger partial charge in [0.15, 0.2) is 0 Å². The summed E-state index contributed by atoms with van der Waals surface area (Å²) < 4.78 is 7.25. The van der Waals surface area contributed by atoms with Crippen LogP contribution in [0, 0.1) is 0 Å². The Hall–Kier alpha value is -1.85. The minimum Gasteiger partial charge on any atom is -0.383 e. The van der Waals surface area contributed by atoms with Gasteiger partial charge in [0.2, 0.25) is 0 Å². The number of nitrogens with zero attached hydrogens (tertiary/aromatic N) is 3. The Bertz CT molecular complexity index is 564. The topological polar surface area (TPSA) is 42.3 Å². The standard InChI is InChI=1S/C16H22N4O/c1-21-11-7-17-12-14-2-4-15(5-3-14)20-10-9-19-8-6-18-16(19)13-20/h2-6,8,17H,7,9-13H2,1H3. The fraction of sp³-hybridized carbons (Fsp3) is 0.438. The van der Waals surface area contributed by atoms with Crippen molar-refractivity contribution in [2.75, 3.05) is 31.7 Å². The molecule has 0 bridgehead atoms. The number of aromatic nitrogens is 2. The van der Waals surface area contributed by atoms with E-state index in [1.54, 1.807) is 7.11 Å². The summed E-state index contributed by atoms with van der Waals surface area (Å²) in [7, 11) is 1.72. The summed E-state index contributed by atoms with van der Waals surface area (Å²) in [5.41, 5.74) is 2.57. The highest BCUT2D eigenvalue weighted by atomic mass is 16.5. The van der Waals surface area contributed by atoms with E-state index in [0.29, 0.717) is 0 Å². The first-order chi connectivity index (χ1) is 10.4. The highest BCUT2D eigenvalue weighted by Crippen LogP contribution is 2.20. The van der Waals surface area contributed by atoms with E-state index >= 15 is 0 Å². The van der Waals surface area contributed by atoms with E-state index in [0.717, 1.165) is 45.2 Å². The minimum absolute atomic E-state index is 0.749. The number of imidazole rings is 1. The summed E-state index contributed by atoms with van der Waals surface area (Å²) in [5, 5.41) is 3.36. The Morgan fingerprint density at radius 1 is 1.24 bits per heavy atom. The zero-order valence-electron chi connectivity index (χ0n) is 12.5. The molecule has 0 saturated carbocycles. The highest BCUT2D eigenvalue weighted by molar-refractivity contribution is 5.48. The van der Waals surface area contributed by atoms with Crippen LogP contribution in [0.2, 0.25) is 0 Å². The number of benzene rings is 1. The summed E-state index contributed by atoms with van der Waals surface area (Å²) in [6, 6.07) is 8.78. The van der Waals surface area contributed by atoms with Gasteiger partial charge in [-0.1, -0.05) is 12.1 Å². The van der Waals surface area contributed by atoms with Crippen molar-refractivity contribution >= 4 is 5.69 Å². The molecule has 1 aromatic carbocycles. The summed E-state index contributed by atoms with van der Waals surface area (Å²) in [4.78, 5) is 6.79. The summed E-state index contributed by atoms with van der Waals surface area (Å²) in [5.74, 6) is 1.14. The number of fused-ring (bicyclic) bond motifs is 1. The van der Waals surface area contributed by atoms with Gasteiger partial charge in [-0.25, -0.2) is 4.98 Å². The zero-order chi connectivity index (χ0) is 14.5. The van der Waals surface area contributed by atoms with Crippen LogP contribution in [0.15, 0.2) is 36.7 Å². The first kappa shape index (κ1) is 14.1. The second kappa shape index (κ2) is 6.74. The maximum atomic E-state index is 5.02. The van der Waals surface area contributed by atoms with Crippen molar-refractivity contribution in [1.29, 1.82) is 0 Å². The van der Waals surface area contributed by atoms with Crippen LogP contribution < -0.4 is 10.2 Å². The molecule has 1 aliphatic rings. The average Bonchev–Trinajstić information content (AvgIpc) is 3.00. The van der Waals surface area contributed by atoms with Gasteiger partial charge >= 0.3 is 0 Å². The Labute approximate surface area is 125 Å². The maximum Gasteiger partial charge on any atom is 0.128 e. The van der Waals surface area contributed by atoms with Gasteiger partial charge in [-0.3, -0.25) is 0 Å². The molecule has 1 aliphatic heterocycles. The molecule has 112 valence electrons. The first-order valence-electron chi connectivity index (χ1n) is 7.40. The predicted octanol–water partition coefficient (Wildman–Crippen LogP) is 1.64. The lowest BCUT2D eigenvalue weighted by Gasteiger charge is -2.29. The van der Waals surface area contributed by atoms with Crippen LogP contribution in [0.4, 0.5) is 5.69 Å². The molecule has 0 amide bonds. The Morgan fingerprint density at radius 3 is 2.90 bits per heavy atom. The van der Waals surface area contributed by atoms with Gasteiger partial charge in [-0.05, 0) is 17.7 Å². The molecule has 0 saturated heterocycles. The molecule has 5 nitrogen and oxygen atoms in total. The maximum absolute atomic E-state index is 5.02. The van der Waals surface area contributed by atoms with E-state index in [1.807, 2.05) is 6.20 Å². The number of hydrogen-bond donors (Lipinski definition) is 1. The Balaban J connectivity index is 1.57. The van der Waals surface area contributed by atoms with Gasteiger partial charge in [-0.15, -0.1) is 0 Å². The van der Waals surface area contributed by atoms with E-state index in [1.165, 1.54) is 11.3 Å². The Morgan fingerprint density at radius 2 is 2.10 bits per heavy atom. The quantitative estimate of drug-likeness (QED) is 0.820. The summed E-state index contributed by atoms with van der Waals surface area (Å²) in [6.45, 7) is 5.45. The van der Waals surface area contributed by atoms with Crippen molar-refractivity contribution in [2.24, 2.45) is 0 Å². The van der Waals surface area contributed by atoms with Crippen molar-refractivity contribution in [3.05, 3.63) is 48.0 Å². The van der Waals surface area contributed by atoms with Gasteiger partial charge in [0.1, 0.15) is 5.82 Å². The largest absolute Gasteiger partial charge is 0.383 e. The molecule has 0 spiro atoms. The normalized spacial score (nSPS) is 14.2. The van der Waals surface area contributed by atoms with Crippen molar-refractivity contribution < 1.29 is 4.74 Å². The van der Waals surface area contributed by atoms with E-state index in [-0.39, 0.29) is 0 Å². The summed E-state index contributed by atoms with van der Waals surface area (Å²) in [6.07, 6.45) is 3.94. The predicted molar refractivity (Wildman–Crippen MR) is 83.3 cm³/mol. The molecule has 3 rings (SSSR count). The summed E-state index contributed by atoms with van der Waals surface area (Å²) >= 11 is 0. The van der Waals surface area contributed by atoms with Crippen molar-refractivity contribution in [3.63, 3.8) is 0 Å². The first-order valence-corrected chi connectivity index (χ1v) is 7.40. The monoisotopic (exact) mass is 286 g/mol. The third-order valence-corrected chi connectivity index (χ3v) is 3.86. The molecule has 0 unspecified atom stereocenters. The second-order valence-electron chi connectivity index (χ2n) is 5.29. The molecule has 21 heavy (non-hydrogen) atoms. The molecule has 1 aromatic heterocycles. The van der Waals surface area contributed by atoms with Crippen molar-refractivity contribution in [2.45, 2.75) is 19.6 Å². The molecule has 2 aromatic rings. The lowest BCUT2D eigenvalue weighted by Crippen LogP contribution is -2.33. The van der Waals surface area contributed by atoms with Gasteiger partial charge in [0.05, 0.1) is 13.2 Å². The molecule has 5 heteroatoms. The van der Waals surface area contributed by atoms with E-state index < -0.39 is 0 Å². The molecule has 0 atom stereocenters. The number of rotatable bonds is 6. The smallest absolute Gasteiger partial charge is 0.128 e. The third kappa shape index (κ3) is 3.43.